The number of amides is 1. The molecular weight excluding hydrogens is 364 g/mol. The first-order chi connectivity index (χ1) is 14.0. The Morgan fingerprint density at radius 3 is 2.59 bits per heavy atom. The van der Waals surface area contributed by atoms with E-state index < -0.39 is 0 Å². The van der Waals surface area contributed by atoms with Gasteiger partial charge in [0.15, 0.2) is 17.0 Å². The van der Waals surface area contributed by atoms with Crippen LogP contribution in [0.25, 0.3) is 11.2 Å². The summed E-state index contributed by atoms with van der Waals surface area (Å²) in [6.45, 7) is 7.26. The summed E-state index contributed by atoms with van der Waals surface area (Å²) >= 11 is 0. The van der Waals surface area contributed by atoms with Gasteiger partial charge in [-0.2, -0.15) is 0 Å². The van der Waals surface area contributed by atoms with E-state index in [2.05, 4.69) is 45.9 Å². The third-order valence-corrected chi connectivity index (χ3v) is 6.86. The molecule has 2 saturated heterocycles. The normalized spacial score (nSPS) is 25.0. The van der Waals surface area contributed by atoms with Crippen LogP contribution in [-0.2, 0) is 11.8 Å². The van der Waals surface area contributed by atoms with E-state index in [1.165, 1.54) is 12.8 Å². The summed E-state index contributed by atoms with van der Waals surface area (Å²) in [4.78, 5) is 28.7. The Balaban J connectivity index is 1.42. The van der Waals surface area contributed by atoms with Crippen molar-refractivity contribution in [1.82, 2.24) is 24.8 Å². The van der Waals surface area contributed by atoms with Crippen molar-refractivity contribution in [2.24, 2.45) is 24.8 Å². The molecule has 0 saturated carbocycles. The maximum atomic E-state index is 12.7. The van der Waals surface area contributed by atoms with Crippen LogP contribution >= 0.6 is 0 Å². The van der Waals surface area contributed by atoms with E-state index in [1.807, 2.05) is 17.9 Å². The molecule has 1 amide bonds. The Kier molecular flexibility index (Phi) is 5.74. The van der Waals surface area contributed by atoms with Crippen molar-refractivity contribution < 1.29 is 4.79 Å². The summed E-state index contributed by atoms with van der Waals surface area (Å²) in [6, 6.07) is 0.958. The minimum Gasteiger partial charge on any atom is -0.356 e. The molecule has 158 valence electrons. The van der Waals surface area contributed by atoms with Crippen LogP contribution in [0, 0.1) is 17.8 Å². The molecule has 7 heteroatoms. The summed E-state index contributed by atoms with van der Waals surface area (Å²) < 4.78 is 1.95. The molecule has 2 aromatic rings. The van der Waals surface area contributed by atoms with Gasteiger partial charge in [-0.3, -0.25) is 4.79 Å². The van der Waals surface area contributed by atoms with E-state index in [1.54, 1.807) is 6.33 Å². The quantitative estimate of drug-likeness (QED) is 0.774. The lowest BCUT2D eigenvalue weighted by Crippen LogP contribution is -2.47. The van der Waals surface area contributed by atoms with Gasteiger partial charge in [-0.15, -0.1) is 0 Å². The number of carbonyl (C=O) groups is 1. The average Bonchev–Trinajstić information content (AvgIpc) is 3.21. The van der Waals surface area contributed by atoms with Crippen LogP contribution in [0.5, 0.6) is 0 Å². The number of piperidine rings is 1. The molecule has 4 atom stereocenters. The number of anilines is 1. The summed E-state index contributed by atoms with van der Waals surface area (Å²) in [6.07, 6.45) is 10.1. The van der Waals surface area contributed by atoms with Gasteiger partial charge >= 0.3 is 0 Å². The lowest BCUT2D eigenvalue weighted by atomic mass is 9.88. The monoisotopic (exact) mass is 398 g/mol. The van der Waals surface area contributed by atoms with E-state index in [9.17, 15) is 4.79 Å². The van der Waals surface area contributed by atoms with E-state index in [0.717, 1.165) is 49.2 Å². The molecule has 29 heavy (non-hydrogen) atoms. The highest BCUT2D eigenvalue weighted by Crippen LogP contribution is 2.42. The van der Waals surface area contributed by atoms with E-state index in [-0.39, 0.29) is 11.8 Å². The van der Waals surface area contributed by atoms with Gasteiger partial charge in [-0.1, -0.05) is 27.2 Å². The highest BCUT2D eigenvalue weighted by molar-refractivity contribution is 5.84. The zero-order valence-electron chi connectivity index (χ0n) is 18.1. The van der Waals surface area contributed by atoms with Crippen molar-refractivity contribution in [1.29, 1.82) is 0 Å². The van der Waals surface area contributed by atoms with Crippen LogP contribution in [0.2, 0.25) is 0 Å². The number of nitrogens with one attached hydrogen (secondary N) is 1. The molecule has 0 spiro atoms. The van der Waals surface area contributed by atoms with Crippen LogP contribution in [0.4, 0.5) is 5.82 Å². The van der Waals surface area contributed by atoms with E-state index in [0.29, 0.717) is 23.9 Å². The van der Waals surface area contributed by atoms with Crippen molar-refractivity contribution in [3.8, 4) is 0 Å². The fourth-order valence-corrected chi connectivity index (χ4v) is 5.38. The minimum absolute atomic E-state index is 0.135. The smallest absolute Gasteiger partial charge is 0.223 e. The van der Waals surface area contributed by atoms with Gasteiger partial charge in [0.25, 0.3) is 0 Å². The Hall–Kier alpha value is -2.18. The number of hydrogen-bond donors (Lipinski definition) is 1. The number of hydrogen-bond acceptors (Lipinski definition) is 5. The van der Waals surface area contributed by atoms with Gasteiger partial charge in [0, 0.05) is 31.6 Å². The fraction of sp³-hybridized carbons (Fsp3) is 0.727. The minimum atomic E-state index is 0.135. The molecule has 2 bridgehead atoms. The first-order valence-electron chi connectivity index (χ1n) is 11.2. The van der Waals surface area contributed by atoms with Gasteiger partial charge in [-0.25, -0.2) is 15.0 Å². The number of rotatable bonds is 7. The number of carbonyl (C=O) groups excluding carboxylic acids is 1. The van der Waals surface area contributed by atoms with Crippen LogP contribution < -0.4 is 10.2 Å². The largest absolute Gasteiger partial charge is 0.356 e. The van der Waals surface area contributed by atoms with Crippen molar-refractivity contribution in [2.75, 3.05) is 11.4 Å². The zero-order valence-corrected chi connectivity index (χ0v) is 18.1. The molecule has 0 aliphatic carbocycles. The summed E-state index contributed by atoms with van der Waals surface area (Å²) in [7, 11) is 1.97. The highest BCUT2D eigenvalue weighted by atomic mass is 16.1. The average molecular weight is 399 g/mol. The first kappa shape index (κ1) is 20.1. The first-order valence-corrected chi connectivity index (χ1v) is 11.2. The molecule has 0 aromatic carbocycles. The van der Waals surface area contributed by atoms with Gasteiger partial charge in [-0.05, 0) is 43.9 Å². The zero-order chi connectivity index (χ0) is 20.5. The van der Waals surface area contributed by atoms with Crippen molar-refractivity contribution in [3.63, 3.8) is 0 Å². The van der Waals surface area contributed by atoms with E-state index >= 15 is 0 Å². The molecule has 2 fully saturated rings. The van der Waals surface area contributed by atoms with Gasteiger partial charge < -0.3 is 14.8 Å². The maximum absolute atomic E-state index is 12.7. The molecule has 4 rings (SSSR count). The SMILES string of the molecule is CCCC(C(=O)NCC1C[C@H]2CC[C@@H](C1)N2c1ncnc2c1ncn2C)C(C)C. The third-order valence-electron chi connectivity index (χ3n) is 6.86. The number of fused-ring (bicyclic) bond motifs is 3. The molecule has 4 heterocycles. The third kappa shape index (κ3) is 3.83. The number of imidazole rings is 1. The summed E-state index contributed by atoms with van der Waals surface area (Å²) in [5.74, 6) is 2.29. The van der Waals surface area contributed by atoms with Gasteiger partial charge in [0.2, 0.25) is 5.91 Å². The van der Waals surface area contributed by atoms with Crippen molar-refractivity contribution in [2.45, 2.75) is 71.4 Å². The molecule has 2 aliphatic rings. The van der Waals surface area contributed by atoms with Crippen LogP contribution in [0.1, 0.15) is 59.3 Å². The topological polar surface area (TPSA) is 75.9 Å². The van der Waals surface area contributed by atoms with Crippen LogP contribution in [-0.4, -0.2) is 44.1 Å². The highest BCUT2D eigenvalue weighted by Gasteiger charge is 2.42. The fourth-order valence-electron chi connectivity index (χ4n) is 5.38. The lowest BCUT2D eigenvalue weighted by molar-refractivity contribution is -0.126. The van der Waals surface area contributed by atoms with E-state index in [4.69, 9.17) is 0 Å². The van der Waals surface area contributed by atoms with Crippen molar-refractivity contribution in [3.05, 3.63) is 12.7 Å². The summed E-state index contributed by atoms with van der Waals surface area (Å²) in [5, 5.41) is 3.28. The van der Waals surface area contributed by atoms with Gasteiger partial charge in [0.1, 0.15) is 6.33 Å². The van der Waals surface area contributed by atoms with Gasteiger partial charge in [0.05, 0.1) is 6.33 Å². The van der Waals surface area contributed by atoms with Crippen LogP contribution in [0.3, 0.4) is 0 Å². The molecule has 2 aromatic heterocycles. The second kappa shape index (κ2) is 8.28. The molecule has 2 aliphatic heterocycles. The predicted molar refractivity (Wildman–Crippen MR) is 115 cm³/mol. The number of aromatic nitrogens is 4. The molecular formula is C22H34N6O. The Morgan fingerprint density at radius 2 is 1.93 bits per heavy atom. The second-order valence-electron chi connectivity index (χ2n) is 9.24. The number of aryl methyl sites for hydroxylation is 1. The molecule has 0 radical (unpaired) electrons. The Labute approximate surface area is 173 Å². The molecule has 7 nitrogen and oxygen atoms in total. The Bertz CT molecular complexity index is 848. The second-order valence-corrected chi connectivity index (χ2v) is 9.24. The van der Waals surface area contributed by atoms with Crippen LogP contribution in [0.15, 0.2) is 12.7 Å². The Morgan fingerprint density at radius 1 is 1.21 bits per heavy atom. The summed E-state index contributed by atoms with van der Waals surface area (Å²) in [5.41, 5.74) is 1.79. The maximum Gasteiger partial charge on any atom is 0.223 e. The number of nitrogens with zero attached hydrogens (tertiary/aromatic N) is 5. The lowest BCUT2D eigenvalue weighted by Gasteiger charge is -2.40. The van der Waals surface area contributed by atoms with Crippen molar-refractivity contribution >= 4 is 22.9 Å². The molecule has 2 unspecified atom stereocenters. The standard InChI is InChI=1S/C22H34N6O/c1-5-6-18(14(2)3)22(29)23-11-15-9-16-7-8-17(10-15)28(16)21-19-20(24-12-25-21)27(4)13-26-19/h12-18H,5-11H2,1-4H3,(H,23,29)/t15?,16-,17+,18?. The predicted octanol–water partition coefficient (Wildman–Crippen LogP) is 3.30. The molecule has 1 N–H and O–H groups in total.